The van der Waals surface area contributed by atoms with Gasteiger partial charge in [-0.25, -0.2) is 0 Å². The number of nitrogens with zero attached hydrogens (tertiary/aromatic N) is 5. The van der Waals surface area contributed by atoms with Crippen molar-refractivity contribution in [3.63, 3.8) is 0 Å². The van der Waals surface area contributed by atoms with E-state index in [1.165, 1.54) is 4.68 Å². The van der Waals surface area contributed by atoms with Crippen molar-refractivity contribution in [2.45, 2.75) is 53.8 Å². The molecule has 0 aliphatic heterocycles. The molecule has 0 fully saturated rings. The van der Waals surface area contributed by atoms with E-state index >= 15 is 0 Å². The van der Waals surface area contributed by atoms with Gasteiger partial charge in [0.25, 0.3) is 0 Å². The van der Waals surface area contributed by atoms with Crippen LogP contribution < -0.4 is 5.32 Å². The van der Waals surface area contributed by atoms with Gasteiger partial charge in [-0.1, -0.05) is 0 Å². The number of carbonyl (C=O) groups is 1. The van der Waals surface area contributed by atoms with Gasteiger partial charge in [0.05, 0.1) is 17.2 Å². The molecule has 2 heterocycles. The molecule has 1 amide bonds. The molecule has 0 bridgehead atoms. The highest BCUT2D eigenvalue weighted by Gasteiger charge is 2.23. The Morgan fingerprint density at radius 1 is 1.33 bits per heavy atom. The maximum atomic E-state index is 12.3. The molecule has 0 aliphatic rings. The topological polar surface area (TPSA) is 108 Å². The molecule has 1 unspecified atom stereocenters. The van der Waals surface area contributed by atoms with E-state index < -0.39 is 4.92 Å². The predicted octanol–water partition coefficient (Wildman–Crippen LogP) is 1.81. The average Bonchev–Trinajstić information content (AvgIpc) is 2.99. The average molecular weight is 334 g/mol. The third-order valence-corrected chi connectivity index (χ3v) is 4.10. The molecule has 130 valence electrons. The van der Waals surface area contributed by atoms with E-state index in [4.69, 9.17) is 0 Å². The zero-order valence-corrected chi connectivity index (χ0v) is 14.5. The first-order chi connectivity index (χ1) is 11.3. The highest BCUT2D eigenvalue weighted by Crippen LogP contribution is 2.22. The number of hydrogen-bond acceptors (Lipinski definition) is 5. The van der Waals surface area contributed by atoms with Crippen molar-refractivity contribution in [2.24, 2.45) is 0 Å². The van der Waals surface area contributed by atoms with E-state index in [0.29, 0.717) is 11.4 Å². The second kappa shape index (κ2) is 6.81. The summed E-state index contributed by atoms with van der Waals surface area (Å²) in [5.74, 6) is -0.258. The van der Waals surface area contributed by atoms with Crippen molar-refractivity contribution in [3.8, 4) is 0 Å². The summed E-state index contributed by atoms with van der Waals surface area (Å²) in [5, 5.41) is 22.3. The Hall–Kier alpha value is -2.71. The third-order valence-electron chi connectivity index (χ3n) is 4.10. The van der Waals surface area contributed by atoms with Crippen LogP contribution in [0.2, 0.25) is 0 Å². The lowest BCUT2D eigenvalue weighted by atomic mass is 10.1. The molecule has 2 aromatic rings. The maximum absolute atomic E-state index is 12.3. The number of rotatable bonds is 6. The van der Waals surface area contributed by atoms with Crippen LogP contribution >= 0.6 is 0 Å². The minimum absolute atomic E-state index is 0.0454. The predicted molar refractivity (Wildman–Crippen MR) is 87.6 cm³/mol. The molecule has 9 heteroatoms. The zero-order valence-electron chi connectivity index (χ0n) is 14.5. The number of aryl methyl sites for hydroxylation is 2. The van der Waals surface area contributed by atoms with Gasteiger partial charge in [0.2, 0.25) is 5.91 Å². The Bertz CT molecular complexity index is 777. The Morgan fingerprint density at radius 3 is 2.50 bits per heavy atom. The molecule has 24 heavy (non-hydrogen) atoms. The molecule has 0 saturated carbocycles. The summed E-state index contributed by atoms with van der Waals surface area (Å²) in [6, 6.07) is -0.204. The summed E-state index contributed by atoms with van der Waals surface area (Å²) in [6.45, 7) is 9.69. The van der Waals surface area contributed by atoms with Gasteiger partial charge in [0.1, 0.15) is 17.9 Å². The fourth-order valence-electron chi connectivity index (χ4n) is 2.81. The largest absolute Gasteiger partial charge is 0.348 e. The fraction of sp³-hybridized carbons (Fsp3) is 0.533. The molecular formula is C15H22N6O3. The van der Waals surface area contributed by atoms with Gasteiger partial charge in [-0.05, 0) is 34.6 Å². The van der Waals surface area contributed by atoms with E-state index in [-0.39, 0.29) is 24.2 Å². The summed E-state index contributed by atoms with van der Waals surface area (Å²) in [6.07, 6.45) is 1.75. The van der Waals surface area contributed by atoms with Crippen LogP contribution in [0, 0.1) is 30.9 Å². The van der Waals surface area contributed by atoms with Gasteiger partial charge < -0.3 is 5.32 Å². The second-order valence-corrected chi connectivity index (χ2v) is 5.72. The molecule has 1 N–H and O–H groups in total. The first-order valence-corrected chi connectivity index (χ1v) is 7.76. The van der Waals surface area contributed by atoms with Crippen molar-refractivity contribution in [1.29, 1.82) is 0 Å². The molecule has 1 atom stereocenters. The van der Waals surface area contributed by atoms with Gasteiger partial charge in [-0.15, -0.1) is 0 Å². The number of carbonyl (C=O) groups excluding carboxylic acids is 1. The van der Waals surface area contributed by atoms with Crippen molar-refractivity contribution >= 4 is 11.6 Å². The summed E-state index contributed by atoms with van der Waals surface area (Å²) >= 11 is 0. The standard InChI is InChI=1S/C15H22N6O3/c1-6-19-11(4)13(7-16-19)9(2)17-14(22)8-20-12(5)15(21(23)24)10(3)18-20/h7,9H,6,8H2,1-5H3,(H,17,22). The van der Waals surface area contributed by atoms with Crippen molar-refractivity contribution < 1.29 is 9.72 Å². The second-order valence-electron chi connectivity index (χ2n) is 5.72. The number of nitrogens with one attached hydrogen (secondary N) is 1. The highest BCUT2D eigenvalue weighted by molar-refractivity contribution is 5.76. The van der Waals surface area contributed by atoms with Crippen LogP contribution in [0.25, 0.3) is 0 Å². The third kappa shape index (κ3) is 3.29. The van der Waals surface area contributed by atoms with E-state index in [1.807, 2.05) is 25.5 Å². The Balaban J connectivity index is 2.09. The van der Waals surface area contributed by atoms with Crippen LogP contribution in [0.5, 0.6) is 0 Å². The van der Waals surface area contributed by atoms with Crippen LogP contribution in [0.3, 0.4) is 0 Å². The Kier molecular flexibility index (Phi) is 5.01. The fourth-order valence-corrected chi connectivity index (χ4v) is 2.81. The quantitative estimate of drug-likeness (QED) is 0.640. The van der Waals surface area contributed by atoms with E-state index in [2.05, 4.69) is 15.5 Å². The van der Waals surface area contributed by atoms with Gasteiger partial charge in [0, 0.05) is 17.8 Å². The number of aromatic nitrogens is 4. The van der Waals surface area contributed by atoms with Crippen LogP contribution in [-0.2, 0) is 17.9 Å². The van der Waals surface area contributed by atoms with Gasteiger partial charge in [-0.3, -0.25) is 24.3 Å². The van der Waals surface area contributed by atoms with E-state index in [1.54, 1.807) is 20.0 Å². The van der Waals surface area contributed by atoms with E-state index in [9.17, 15) is 14.9 Å². The lowest BCUT2D eigenvalue weighted by Crippen LogP contribution is -2.31. The van der Waals surface area contributed by atoms with Crippen LogP contribution in [0.4, 0.5) is 5.69 Å². The molecule has 2 rings (SSSR count). The maximum Gasteiger partial charge on any atom is 0.312 e. The summed E-state index contributed by atoms with van der Waals surface area (Å²) in [4.78, 5) is 22.8. The van der Waals surface area contributed by atoms with Crippen LogP contribution in [-0.4, -0.2) is 30.4 Å². The number of amides is 1. The van der Waals surface area contributed by atoms with Crippen molar-refractivity contribution in [3.05, 3.63) is 39.0 Å². The van der Waals surface area contributed by atoms with Crippen LogP contribution in [0.1, 0.15) is 42.5 Å². The number of hydrogen-bond donors (Lipinski definition) is 1. The SMILES string of the molecule is CCn1ncc(C(C)NC(=O)Cn2nc(C)c([N+](=O)[O-])c2C)c1C. The minimum atomic E-state index is -0.475. The van der Waals surface area contributed by atoms with Crippen molar-refractivity contribution in [2.75, 3.05) is 0 Å². The Morgan fingerprint density at radius 2 is 2.00 bits per heavy atom. The summed E-state index contributed by atoms with van der Waals surface area (Å²) < 4.78 is 3.22. The molecule has 9 nitrogen and oxygen atoms in total. The van der Waals surface area contributed by atoms with Crippen molar-refractivity contribution in [1.82, 2.24) is 24.9 Å². The number of nitro groups is 1. The molecule has 0 aromatic carbocycles. The molecule has 0 spiro atoms. The summed E-state index contributed by atoms with van der Waals surface area (Å²) in [7, 11) is 0. The van der Waals surface area contributed by atoms with Crippen LogP contribution in [0.15, 0.2) is 6.20 Å². The normalized spacial score (nSPS) is 12.2. The zero-order chi connectivity index (χ0) is 18.0. The molecule has 0 aliphatic carbocycles. The Labute approximate surface area is 139 Å². The van der Waals surface area contributed by atoms with E-state index in [0.717, 1.165) is 17.8 Å². The van der Waals surface area contributed by atoms with Gasteiger partial charge in [0.15, 0.2) is 0 Å². The summed E-state index contributed by atoms with van der Waals surface area (Å²) in [5.41, 5.74) is 2.58. The smallest absolute Gasteiger partial charge is 0.312 e. The first kappa shape index (κ1) is 17.6. The lowest BCUT2D eigenvalue weighted by molar-refractivity contribution is -0.386. The first-order valence-electron chi connectivity index (χ1n) is 7.76. The molecule has 0 saturated heterocycles. The minimum Gasteiger partial charge on any atom is -0.348 e. The molecule has 2 aromatic heterocycles. The van der Waals surface area contributed by atoms with Gasteiger partial charge in [-0.2, -0.15) is 10.2 Å². The monoisotopic (exact) mass is 334 g/mol. The van der Waals surface area contributed by atoms with Gasteiger partial charge >= 0.3 is 5.69 Å². The highest BCUT2D eigenvalue weighted by atomic mass is 16.6. The molecule has 0 radical (unpaired) electrons. The molecular weight excluding hydrogens is 312 g/mol. The lowest BCUT2D eigenvalue weighted by Gasteiger charge is -2.14.